The Bertz CT molecular complexity index is 1760. The maximum absolute atomic E-state index is 13.6. The number of rotatable bonds is 4. The first-order chi connectivity index (χ1) is 17.1. The highest BCUT2D eigenvalue weighted by molar-refractivity contribution is 6.33. The smallest absolute Gasteiger partial charge is 0.256 e. The minimum absolute atomic E-state index is 0.286. The van der Waals surface area contributed by atoms with E-state index in [-0.39, 0.29) is 5.91 Å². The molecule has 6 aromatic rings. The van der Waals surface area contributed by atoms with Crippen LogP contribution in [0.1, 0.15) is 10.4 Å². The molecule has 0 aliphatic heterocycles. The van der Waals surface area contributed by atoms with E-state index in [1.807, 2.05) is 72.8 Å². The zero-order valence-corrected chi connectivity index (χ0v) is 19.5. The third-order valence-corrected chi connectivity index (χ3v) is 6.39. The van der Waals surface area contributed by atoms with Crippen LogP contribution in [0, 0.1) is 0 Å². The van der Waals surface area contributed by atoms with Crippen molar-refractivity contribution in [3.63, 3.8) is 0 Å². The Hall–Kier alpha value is -4.35. The maximum atomic E-state index is 13.6. The molecule has 0 atom stereocenters. The number of nitrogens with zero attached hydrogens (tertiary/aromatic N) is 1. The van der Waals surface area contributed by atoms with Crippen LogP contribution in [0.25, 0.3) is 44.1 Å². The number of fused-ring (bicyclic) bond motifs is 4. The Kier molecular flexibility index (Phi) is 5.12. The van der Waals surface area contributed by atoms with Gasteiger partial charge in [-0.2, -0.15) is 0 Å². The van der Waals surface area contributed by atoms with Crippen molar-refractivity contribution in [1.82, 2.24) is 4.98 Å². The highest BCUT2D eigenvalue weighted by atomic mass is 35.5. The number of para-hydroxylation sites is 2. The molecule has 4 aromatic carbocycles. The summed E-state index contributed by atoms with van der Waals surface area (Å²) in [6.45, 7) is 0. The van der Waals surface area contributed by atoms with E-state index in [1.54, 1.807) is 25.3 Å². The first kappa shape index (κ1) is 21.2. The van der Waals surface area contributed by atoms with Crippen LogP contribution in [0.4, 0.5) is 5.69 Å². The first-order valence-electron chi connectivity index (χ1n) is 11.1. The molecule has 2 heterocycles. The van der Waals surface area contributed by atoms with Gasteiger partial charge in [0.1, 0.15) is 16.9 Å². The molecule has 1 N–H and O–H groups in total. The standard InChI is InChI=1S/C29H19ClN2O3/c1-34-28-15-20-18-9-4-7-13-26(18)35-27(20)16-25(28)32-29(33)21-14-24(19-10-2-5-11-22(19)30)31-23-12-6-3-8-17(21)23/h2-16H,1H3,(H,32,33). The van der Waals surface area contributed by atoms with Gasteiger partial charge in [0.15, 0.2) is 0 Å². The van der Waals surface area contributed by atoms with Gasteiger partial charge in [0.25, 0.3) is 5.91 Å². The minimum Gasteiger partial charge on any atom is -0.495 e. The number of carbonyl (C=O) groups is 1. The second-order valence-electron chi connectivity index (χ2n) is 8.15. The second-order valence-corrected chi connectivity index (χ2v) is 8.56. The molecule has 0 spiro atoms. The average Bonchev–Trinajstić information content (AvgIpc) is 3.25. The summed E-state index contributed by atoms with van der Waals surface area (Å²) in [7, 11) is 1.58. The molecule has 0 bridgehead atoms. The number of carbonyl (C=O) groups excluding carboxylic acids is 1. The molecule has 0 fully saturated rings. The summed E-state index contributed by atoms with van der Waals surface area (Å²) in [5, 5.41) is 6.23. The summed E-state index contributed by atoms with van der Waals surface area (Å²) in [5.41, 5.74) is 4.53. The van der Waals surface area contributed by atoms with E-state index in [9.17, 15) is 4.79 Å². The molecule has 0 unspecified atom stereocenters. The number of anilines is 1. The van der Waals surface area contributed by atoms with Gasteiger partial charge in [-0.3, -0.25) is 4.79 Å². The molecule has 35 heavy (non-hydrogen) atoms. The van der Waals surface area contributed by atoms with Gasteiger partial charge < -0.3 is 14.5 Å². The number of aromatic nitrogens is 1. The van der Waals surface area contributed by atoms with Gasteiger partial charge in [-0.1, -0.05) is 66.2 Å². The molecule has 0 saturated carbocycles. The van der Waals surface area contributed by atoms with E-state index >= 15 is 0 Å². The van der Waals surface area contributed by atoms with Gasteiger partial charge in [0, 0.05) is 32.8 Å². The SMILES string of the molecule is COc1cc2c(cc1NC(=O)c1cc(-c3ccccc3Cl)nc3ccccc13)oc1ccccc12. The highest BCUT2D eigenvalue weighted by Gasteiger charge is 2.18. The van der Waals surface area contributed by atoms with Gasteiger partial charge in [-0.25, -0.2) is 4.98 Å². The number of furan rings is 1. The molecular formula is C29H19ClN2O3. The molecular weight excluding hydrogens is 460 g/mol. The van der Waals surface area contributed by atoms with Gasteiger partial charge in [0.05, 0.1) is 29.6 Å². The number of benzene rings is 4. The Morgan fingerprint density at radius 2 is 1.60 bits per heavy atom. The number of pyridine rings is 1. The van der Waals surface area contributed by atoms with E-state index in [0.29, 0.717) is 38.8 Å². The van der Waals surface area contributed by atoms with Crippen LogP contribution in [0.15, 0.2) is 95.4 Å². The lowest BCUT2D eigenvalue weighted by molar-refractivity contribution is 0.102. The van der Waals surface area contributed by atoms with Gasteiger partial charge >= 0.3 is 0 Å². The average molecular weight is 479 g/mol. The summed E-state index contributed by atoms with van der Waals surface area (Å²) in [6, 6.07) is 28.3. The first-order valence-corrected chi connectivity index (χ1v) is 11.5. The van der Waals surface area contributed by atoms with Crippen LogP contribution in [0.3, 0.4) is 0 Å². The van der Waals surface area contributed by atoms with E-state index < -0.39 is 0 Å². The van der Waals surface area contributed by atoms with Crippen molar-refractivity contribution in [2.24, 2.45) is 0 Å². The van der Waals surface area contributed by atoms with Crippen molar-refractivity contribution in [3.8, 4) is 17.0 Å². The topological polar surface area (TPSA) is 64.4 Å². The number of methoxy groups -OCH3 is 1. The maximum Gasteiger partial charge on any atom is 0.256 e. The fourth-order valence-electron chi connectivity index (χ4n) is 4.38. The summed E-state index contributed by atoms with van der Waals surface area (Å²) >= 11 is 6.43. The van der Waals surface area contributed by atoms with Crippen LogP contribution in [0.5, 0.6) is 5.75 Å². The molecule has 2 aromatic heterocycles. The quantitative estimate of drug-likeness (QED) is 0.281. The number of halogens is 1. The van der Waals surface area contributed by atoms with E-state index in [4.69, 9.17) is 25.7 Å². The number of nitrogens with one attached hydrogen (secondary N) is 1. The lowest BCUT2D eigenvalue weighted by Crippen LogP contribution is -2.14. The van der Waals surface area contributed by atoms with Crippen LogP contribution < -0.4 is 10.1 Å². The van der Waals surface area contributed by atoms with Gasteiger partial charge in [-0.05, 0) is 30.3 Å². The van der Waals surface area contributed by atoms with Crippen molar-refractivity contribution in [1.29, 1.82) is 0 Å². The van der Waals surface area contributed by atoms with E-state index in [1.165, 1.54) is 0 Å². The number of ether oxygens (including phenoxy) is 1. The van der Waals surface area contributed by atoms with Crippen LogP contribution in [0.2, 0.25) is 5.02 Å². The summed E-state index contributed by atoms with van der Waals surface area (Å²) in [6.07, 6.45) is 0. The molecule has 0 aliphatic carbocycles. The van der Waals surface area contributed by atoms with Crippen LogP contribution in [-0.4, -0.2) is 18.0 Å². The van der Waals surface area contributed by atoms with Crippen LogP contribution in [-0.2, 0) is 0 Å². The molecule has 170 valence electrons. The predicted molar refractivity (Wildman–Crippen MR) is 140 cm³/mol. The predicted octanol–water partition coefficient (Wildman–Crippen LogP) is 7.72. The Morgan fingerprint density at radius 3 is 2.43 bits per heavy atom. The molecule has 5 nitrogen and oxygen atoms in total. The minimum atomic E-state index is -0.286. The fourth-order valence-corrected chi connectivity index (χ4v) is 4.61. The third kappa shape index (κ3) is 3.66. The molecule has 6 heteroatoms. The van der Waals surface area contributed by atoms with Crippen molar-refractivity contribution in [2.75, 3.05) is 12.4 Å². The highest BCUT2D eigenvalue weighted by Crippen LogP contribution is 2.37. The third-order valence-electron chi connectivity index (χ3n) is 6.06. The van der Waals surface area contributed by atoms with Gasteiger partial charge in [0.2, 0.25) is 0 Å². The van der Waals surface area contributed by atoms with Crippen molar-refractivity contribution < 1.29 is 13.9 Å². The molecule has 6 rings (SSSR count). The summed E-state index contributed by atoms with van der Waals surface area (Å²) in [5.74, 6) is 0.257. The zero-order chi connectivity index (χ0) is 23.9. The summed E-state index contributed by atoms with van der Waals surface area (Å²) < 4.78 is 11.6. The van der Waals surface area contributed by atoms with E-state index in [0.717, 1.165) is 27.3 Å². The van der Waals surface area contributed by atoms with Crippen molar-refractivity contribution in [3.05, 3.63) is 102 Å². The lowest BCUT2D eigenvalue weighted by atomic mass is 10.0. The number of hydrogen-bond donors (Lipinski definition) is 1. The Morgan fingerprint density at radius 1 is 0.857 bits per heavy atom. The van der Waals surface area contributed by atoms with Crippen molar-refractivity contribution in [2.45, 2.75) is 0 Å². The summed E-state index contributed by atoms with van der Waals surface area (Å²) in [4.78, 5) is 18.4. The molecule has 1 amide bonds. The normalized spacial score (nSPS) is 11.3. The Labute approximate surface area is 205 Å². The number of hydrogen-bond acceptors (Lipinski definition) is 4. The fraction of sp³-hybridized carbons (Fsp3) is 0.0345. The largest absolute Gasteiger partial charge is 0.495 e. The van der Waals surface area contributed by atoms with Crippen molar-refractivity contribution >= 4 is 56.0 Å². The zero-order valence-electron chi connectivity index (χ0n) is 18.7. The molecule has 0 saturated heterocycles. The lowest BCUT2D eigenvalue weighted by Gasteiger charge is -2.13. The number of amides is 1. The van der Waals surface area contributed by atoms with E-state index in [2.05, 4.69) is 5.32 Å². The Balaban J connectivity index is 1.47. The molecule has 0 radical (unpaired) electrons. The monoisotopic (exact) mass is 478 g/mol. The van der Waals surface area contributed by atoms with Crippen LogP contribution >= 0.6 is 11.6 Å². The molecule has 0 aliphatic rings. The van der Waals surface area contributed by atoms with Gasteiger partial charge in [-0.15, -0.1) is 0 Å². The second kappa shape index (κ2) is 8.46.